The summed E-state index contributed by atoms with van der Waals surface area (Å²) in [4.78, 5) is 15.1. The number of nitrogens with zero attached hydrogens (tertiary/aromatic N) is 1. The van der Waals surface area contributed by atoms with E-state index in [1.54, 1.807) is 11.0 Å². The zero-order valence-corrected chi connectivity index (χ0v) is 16.5. The summed E-state index contributed by atoms with van der Waals surface area (Å²) in [6.07, 6.45) is 1.75. The summed E-state index contributed by atoms with van der Waals surface area (Å²) in [6.45, 7) is 6.74. The highest BCUT2D eigenvalue weighted by molar-refractivity contribution is 6.02. The van der Waals surface area contributed by atoms with Crippen molar-refractivity contribution in [2.45, 2.75) is 19.2 Å². The van der Waals surface area contributed by atoms with Crippen LogP contribution in [0.25, 0.3) is 0 Å². The summed E-state index contributed by atoms with van der Waals surface area (Å²) < 4.78 is 6.19. The average molecular weight is 384 g/mol. The molecule has 0 saturated heterocycles. The van der Waals surface area contributed by atoms with Gasteiger partial charge in [-0.2, -0.15) is 0 Å². The molecule has 0 aliphatic carbocycles. The SMILES string of the molecule is C=CCN1C(=O)c2ccccc2NC1(C)c1ccccc1OCc1ccccc1. The molecule has 1 N–H and O–H groups in total. The van der Waals surface area contributed by atoms with E-state index in [0.29, 0.717) is 18.7 Å². The predicted molar refractivity (Wildman–Crippen MR) is 116 cm³/mol. The number of anilines is 1. The van der Waals surface area contributed by atoms with Crippen molar-refractivity contribution in [3.05, 3.63) is 108 Å². The lowest BCUT2D eigenvalue weighted by molar-refractivity contribution is 0.0566. The Balaban J connectivity index is 1.74. The number of hydrogen-bond acceptors (Lipinski definition) is 3. The van der Waals surface area contributed by atoms with Gasteiger partial charge in [0.25, 0.3) is 5.91 Å². The lowest BCUT2D eigenvalue weighted by Gasteiger charge is -2.46. The topological polar surface area (TPSA) is 41.6 Å². The minimum atomic E-state index is -0.771. The number of nitrogens with one attached hydrogen (secondary N) is 1. The van der Waals surface area contributed by atoms with Crippen molar-refractivity contribution in [2.24, 2.45) is 0 Å². The van der Waals surface area contributed by atoms with Gasteiger partial charge in [0.05, 0.1) is 5.56 Å². The summed E-state index contributed by atoms with van der Waals surface area (Å²) in [5, 5.41) is 3.57. The Morgan fingerprint density at radius 3 is 2.48 bits per heavy atom. The number of ether oxygens (including phenoxy) is 1. The molecule has 1 aliphatic heterocycles. The monoisotopic (exact) mass is 384 g/mol. The summed E-state index contributed by atoms with van der Waals surface area (Å²) in [6, 6.07) is 25.5. The molecular weight excluding hydrogens is 360 g/mol. The van der Waals surface area contributed by atoms with Crippen LogP contribution < -0.4 is 10.1 Å². The number of hydrogen-bond donors (Lipinski definition) is 1. The number of rotatable bonds is 6. The van der Waals surface area contributed by atoms with Crippen molar-refractivity contribution in [1.82, 2.24) is 4.90 Å². The minimum absolute atomic E-state index is 0.0281. The molecule has 3 aromatic rings. The Kier molecular flexibility index (Phi) is 5.09. The molecule has 3 aromatic carbocycles. The Hall–Kier alpha value is -3.53. The molecule has 1 unspecified atom stereocenters. The molecule has 29 heavy (non-hydrogen) atoms. The molecule has 0 saturated carbocycles. The van der Waals surface area contributed by atoms with Crippen LogP contribution >= 0.6 is 0 Å². The first-order chi connectivity index (χ1) is 14.1. The van der Waals surface area contributed by atoms with Crippen LogP contribution in [0.3, 0.4) is 0 Å². The summed E-state index contributed by atoms with van der Waals surface area (Å²) in [7, 11) is 0. The molecule has 0 radical (unpaired) electrons. The highest BCUT2D eigenvalue weighted by Crippen LogP contribution is 2.41. The van der Waals surface area contributed by atoms with Crippen molar-refractivity contribution >= 4 is 11.6 Å². The fourth-order valence-corrected chi connectivity index (χ4v) is 3.79. The molecule has 0 aromatic heterocycles. The van der Waals surface area contributed by atoms with Crippen molar-refractivity contribution in [3.63, 3.8) is 0 Å². The van der Waals surface area contributed by atoms with Crippen LogP contribution in [0.2, 0.25) is 0 Å². The van der Waals surface area contributed by atoms with Gasteiger partial charge < -0.3 is 15.0 Å². The molecule has 4 heteroatoms. The first kappa shape index (κ1) is 18.8. The van der Waals surface area contributed by atoms with E-state index in [1.165, 1.54) is 0 Å². The van der Waals surface area contributed by atoms with Gasteiger partial charge in [0, 0.05) is 17.8 Å². The van der Waals surface area contributed by atoms with Gasteiger partial charge in [-0.1, -0.05) is 66.7 Å². The van der Waals surface area contributed by atoms with Crippen LogP contribution in [0.4, 0.5) is 5.69 Å². The van der Waals surface area contributed by atoms with E-state index in [1.807, 2.05) is 85.8 Å². The van der Waals surface area contributed by atoms with Gasteiger partial charge in [0.1, 0.15) is 18.0 Å². The van der Waals surface area contributed by atoms with E-state index in [4.69, 9.17) is 4.74 Å². The molecule has 1 atom stereocenters. The van der Waals surface area contributed by atoms with Crippen molar-refractivity contribution in [1.29, 1.82) is 0 Å². The van der Waals surface area contributed by atoms with Crippen LogP contribution in [-0.4, -0.2) is 17.4 Å². The Morgan fingerprint density at radius 2 is 1.69 bits per heavy atom. The zero-order valence-electron chi connectivity index (χ0n) is 16.5. The molecule has 1 heterocycles. The maximum atomic E-state index is 13.3. The second-order valence-electron chi connectivity index (χ2n) is 7.22. The predicted octanol–water partition coefficient (Wildman–Crippen LogP) is 5.19. The lowest BCUT2D eigenvalue weighted by atomic mass is 9.92. The average Bonchev–Trinajstić information content (AvgIpc) is 2.76. The van der Waals surface area contributed by atoms with Gasteiger partial charge in [0.2, 0.25) is 0 Å². The Bertz CT molecular complexity index is 1030. The molecule has 1 aliphatic rings. The van der Waals surface area contributed by atoms with Gasteiger partial charge in [-0.3, -0.25) is 4.79 Å². The van der Waals surface area contributed by atoms with E-state index in [0.717, 1.165) is 22.6 Å². The van der Waals surface area contributed by atoms with E-state index in [9.17, 15) is 4.79 Å². The second-order valence-corrected chi connectivity index (χ2v) is 7.22. The maximum absolute atomic E-state index is 13.3. The van der Waals surface area contributed by atoms with Gasteiger partial charge in [-0.05, 0) is 30.7 Å². The van der Waals surface area contributed by atoms with Crippen LogP contribution in [0.5, 0.6) is 5.75 Å². The van der Waals surface area contributed by atoms with Gasteiger partial charge in [-0.25, -0.2) is 0 Å². The highest BCUT2D eigenvalue weighted by Gasteiger charge is 2.43. The highest BCUT2D eigenvalue weighted by atomic mass is 16.5. The minimum Gasteiger partial charge on any atom is -0.488 e. The molecule has 1 amide bonds. The van der Waals surface area contributed by atoms with Crippen LogP contribution in [-0.2, 0) is 12.3 Å². The van der Waals surface area contributed by atoms with Crippen LogP contribution in [0, 0.1) is 0 Å². The van der Waals surface area contributed by atoms with Gasteiger partial charge in [-0.15, -0.1) is 6.58 Å². The molecular formula is C25H24N2O2. The number of carbonyl (C=O) groups excluding carboxylic acids is 1. The first-order valence-electron chi connectivity index (χ1n) is 9.70. The van der Waals surface area contributed by atoms with Crippen molar-refractivity contribution in [3.8, 4) is 5.75 Å². The number of benzene rings is 3. The van der Waals surface area contributed by atoms with E-state index in [2.05, 4.69) is 11.9 Å². The van der Waals surface area contributed by atoms with Crippen molar-refractivity contribution < 1.29 is 9.53 Å². The third-order valence-electron chi connectivity index (χ3n) is 5.28. The number of amides is 1. The lowest BCUT2D eigenvalue weighted by Crippen LogP contribution is -2.55. The maximum Gasteiger partial charge on any atom is 0.258 e. The zero-order chi connectivity index (χ0) is 20.3. The molecule has 0 bridgehead atoms. The van der Waals surface area contributed by atoms with E-state index in [-0.39, 0.29) is 5.91 Å². The second kappa shape index (κ2) is 7.84. The van der Waals surface area contributed by atoms with Crippen molar-refractivity contribution in [2.75, 3.05) is 11.9 Å². The first-order valence-corrected chi connectivity index (χ1v) is 9.70. The number of carbonyl (C=O) groups is 1. The van der Waals surface area contributed by atoms with Crippen LogP contribution in [0.15, 0.2) is 91.5 Å². The van der Waals surface area contributed by atoms with E-state index >= 15 is 0 Å². The molecule has 4 nitrogen and oxygen atoms in total. The van der Waals surface area contributed by atoms with Crippen LogP contribution in [0.1, 0.15) is 28.4 Å². The normalized spacial score (nSPS) is 18.0. The Morgan fingerprint density at radius 1 is 1.00 bits per heavy atom. The fourth-order valence-electron chi connectivity index (χ4n) is 3.79. The Labute approximate surface area is 171 Å². The standard InChI is InChI=1S/C25H24N2O2/c1-3-17-27-24(28)20-13-7-9-15-22(20)26-25(27,2)21-14-8-10-16-23(21)29-18-19-11-5-4-6-12-19/h3-16,26H,1,17-18H2,2H3. The molecule has 146 valence electrons. The third-order valence-corrected chi connectivity index (χ3v) is 5.28. The number of fused-ring (bicyclic) bond motifs is 1. The molecule has 4 rings (SSSR count). The number of para-hydroxylation sites is 2. The third kappa shape index (κ3) is 3.49. The molecule has 0 fully saturated rings. The fraction of sp³-hybridized carbons (Fsp3) is 0.160. The van der Waals surface area contributed by atoms with Gasteiger partial charge >= 0.3 is 0 Å². The summed E-state index contributed by atoms with van der Waals surface area (Å²) >= 11 is 0. The van der Waals surface area contributed by atoms with E-state index < -0.39 is 5.66 Å². The van der Waals surface area contributed by atoms with Gasteiger partial charge in [0.15, 0.2) is 0 Å². The summed E-state index contributed by atoms with van der Waals surface area (Å²) in [5.41, 5.74) is 2.70. The smallest absolute Gasteiger partial charge is 0.258 e. The molecule has 0 spiro atoms. The quantitative estimate of drug-likeness (QED) is 0.595. The summed E-state index contributed by atoms with van der Waals surface area (Å²) in [5.74, 6) is 0.715. The largest absolute Gasteiger partial charge is 0.488 e.